The number of nitrogens with one attached hydrogen (secondary N) is 1. The van der Waals surface area contributed by atoms with E-state index in [9.17, 15) is 0 Å². The Balaban J connectivity index is 2.21. The van der Waals surface area contributed by atoms with E-state index in [1.54, 1.807) is 6.33 Å². The van der Waals surface area contributed by atoms with Crippen LogP contribution in [0.3, 0.4) is 0 Å². The second-order valence-electron chi connectivity index (χ2n) is 4.40. The van der Waals surface area contributed by atoms with Crippen LogP contribution in [0.15, 0.2) is 35.2 Å². The fraction of sp³-hybridized carbons (Fsp3) is 0.308. The summed E-state index contributed by atoms with van der Waals surface area (Å²) in [7, 11) is 0. The maximum atomic E-state index is 6.18. The van der Waals surface area contributed by atoms with Crippen molar-refractivity contribution < 1.29 is 0 Å². The first-order valence-corrected chi connectivity index (χ1v) is 6.95. The highest BCUT2D eigenvalue weighted by Gasteiger charge is 2.06. The Morgan fingerprint density at radius 1 is 1.44 bits per heavy atom. The van der Waals surface area contributed by atoms with E-state index < -0.39 is 0 Å². The topological polar surface area (TPSA) is 29.9 Å². The molecule has 1 aromatic carbocycles. The van der Waals surface area contributed by atoms with Crippen molar-refractivity contribution in [1.82, 2.24) is 14.9 Å². The van der Waals surface area contributed by atoms with E-state index in [1.165, 1.54) is 0 Å². The Bertz CT molecular complexity index is 537. The lowest BCUT2D eigenvalue weighted by Gasteiger charge is -2.06. The third kappa shape index (κ3) is 3.34. The van der Waals surface area contributed by atoms with Crippen LogP contribution in [0.2, 0.25) is 5.02 Å². The van der Waals surface area contributed by atoms with Crippen molar-refractivity contribution in [3.05, 3.63) is 45.9 Å². The largest absolute Gasteiger partial charge is 0.309 e. The molecule has 2 rings (SSSR count). The van der Waals surface area contributed by atoms with Gasteiger partial charge < -0.3 is 9.88 Å². The number of hydrogen-bond donors (Lipinski definition) is 1. The maximum absolute atomic E-state index is 6.18. The number of halogens is 2. The van der Waals surface area contributed by atoms with Gasteiger partial charge in [0.15, 0.2) is 0 Å². The standard InChI is InChI=1S/C13H15BrClN3/c1-9(2)16-6-11-7-18(8-17-11)13-5-10(14)3-4-12(13)15/h3-5,7-9,16H,6H2,1-2H3. The first-order chi connectivity index (χ1) is 8.56. The summed E-state index contributed by atoms with van der Waals surface area (Å²) < 4.78 is 2.93. The van der Waals surface area contributed by atoms with Crippen LogP contribution in [-0.4, -0.2) is 15.6 Å². The summed E-state index contributed by atoms with van der Waals surface area (Å²) in [5.41, 5.74) is 1.93. The van der Waals surface area contributed by atoms with Gasteiger partial charge in [0.25, 0.3) is 0 Å². The van der Waals surface area contributed by atoms with Crippen molar-refractivity contribution in [2.75, 3.05) is 0 Å². The number of imidazole rings is 1. The molecule has 18 heavy (non-hydrogen) atoms. The third-order valence-electron chi connectivity index (χ3n) is 2.51. The van der Waals surface area contributed by atoms with E-state index in [0.717, 1.165) is 22.4 Å². The van der Waals surface area contributed by atoms with Gasteiger partial charge in [-0.15, -0.1) is 0 Å². The second kappa shape index (κ2) is 5.87. The Morgan fingerprint density at radius 2 is 2.22 bits per heavy atom. The van der Waals surface area contributed by atoms with Crippen LogP contribution < -0.4 is 5.32 Å². The van der Waals surface area contributed by atoms with Crippen LogP contribution >= 0.6 is 27.5 Å². The molecule has 1 aromatic heterocycles. The molecule has 3 nitrogen and oxygen atoms in total. The molecular formula is C13H15BrClN3. The summed E-state index contributed by atoms with van der Waals surface area (Å²) in [6.07, 6.45) is 3.77. The number of hydrogen-bond acceptors (Lipinski definition) is 2. The van der Waals surface area contributed by atoms with Crippen molar-refractivity contribution in [1.29, 1.82) is 0 Å². The highest BCUT2D eigenvalue weighted by molar-refractivity contribution is 9.10. The lowest BCUT2D eigenvalue weighted by atomic mass is 10.3. The van der Waals surface area contributed by atoms with Gasteiger partial charge in [-0.3, -0.25) is 0 Å². The van der Waals surface area contributed by atoms with Crippen molar-refractivity contribution in [3.63, 3.8) is 0 Å². The van der Waals surface area contributed by atoms with E-state index >= 15 is 0 Å². The Morgan fingerprint density at radius 3 is 2.94 bits per heavy atom. The van der Waals surface area contributed by atoms with Gasteiger partial charge in [-0.2, -0.15) is 0 Å². The minimum atomic E-state index is 0.449. The Hall–Kier alpha value is -0.840. The van der Waals surface area contributed by atoms with E-state index in [2.05, 4.69) is 40.1 Å². The molecule has 0 radical (unpaired) electrons. The lowest BCUT2D eigenvalue weighted by molar-refractivity contribution is 0.582. The highest BCUT2D eigenvalue weighted by atomic mass is 79.9. The lowest BCUT2D eigenvalue weighted by Crippen LogP contribution is -2.21. The summed E-state index contributed by atoms with van der Waals surface area (Å²) >= 11 is 9.63. The van der Waals surface area contributed by atoms with Gasteiger partial charge >= 0.3 is 0 Å². The van der Waals surface area contributed by atoms with Crippen LogP contribution in [0.4, 0.5) is 0 Å². The van der Waals surface area contributed by atoms with E-state index in [1.807, 2.05) is 29.0 Å². The van der Waals surface area contributed by atoms with Crippen molar-refractivity contribution in [2.45, 2.75) is 26.4 Å². The molecule has 2 aromatic rings. The van der Waals surface area contributed by atoms with Gasteiger partial charge in [0.2, 0.25) is 0 Å². The van der Waals surface area contributed by atoms with Gasteiger partial charge in [0.1, 0.15) is 0 Å². The molecule has 0 bridgehead atoms. The predicted octanol–water partition coefficient (Wildman–Crippen LogP) is 3.79. The molecule has 0 fully saturated rings. The first kappa shape index (κ1) is 13.6. The van der Waals surface area contributed by atoms with Crippen molar-refractivity contribution >= 4 is 27.5 Å². The van der Waals surface area contributed by atoms with Crippen molar-refractivity contribution in [2.24, 2.45) is 0 Å². The highest BCUT2D eigenvalue weighted by Crippen LogP contribution is 2.24. The second-order valence-corrected chi connectivity index (χ2v) is 5.73. The molecule has 0 unspecified atom stereocenters. The zero-order valence-electron chi connectivity index (χ0n) is 10.3. The Labute approximate surface area is 120 Å². The third-order valence-corrected chi connectivity index (χ3v) is 3.33. The SMILES string of the molecule is CC(C)NCc1cn(-c2cc(Br)ccc2Cl)cn1. The molecule has 0 saturated carbocycles. The summed E-state index contributed by atoms with van der Waals surface area (Å²) in [5.74, 6) is 0. The molecule has 0 aliphatic heterocycles. The molecular weight excluding hydrogens is 314 g/mol. The van der Waals surface area contributed by atoms with E-state index in [4.69, 9.17) is 11.6 Å². The van der Waals surface area contributed by atoms with Gasteiger partial charge in [-0.25, -0.2) is 4.98 Å². The van der Waals surface area contributed by atoms with Gasteiger partial charge in [0, 0.05) is 23.3 Å². The van der Waals surface area contributed by atoms with Crippen molar-refractivity contribution in [3.8, 4) is 5.69 Å². The quantitative estimate of drug-likeness (QED) is 0.925. The summed E-state index contributed by atoms with van der Waals surface area (Å²) in [4.78, 5) is 4.36. The van der Waals surface area contributed by atoms with Crippen LogP contribution in [0.5, 0.6) is 0 Å². The molecule has 0 aliphatic carbocycles. The van der Waals surface area contributed by atoms with Crippen LogP contribution in [0.1, 0.15) is 19.5 Å². The molecule has 0 amide bonds. The van der Waals surface area contributed by atoms with E-state index in [0.29, 0.717) is 11.1 Å². The normalized spacial score (nSPS) is 11.2. The van der Waals surface area contributed by atoms with Crippen LogP contribution in [0.25, 0.3) is 5.69 Å². The monoisotopic (exact) mass is 327 g/mol. The zero-order valence-corrected chi connectivity index (χ0v) is 12.7. The minimum Gasteiger partial charge on any atom is -0.309 e. The summed E-state index contributed by atoms with van der Waals surface area (Å²) in [6.45, 7) is 4.99. The van der Waals surface area contributed by atoms with Gasteiger partial charge in [0.05, 0.1) is 22.7 Å². The molecule has 5 heteroatoms. The van der Waals surface area contributed by atoms with E-state index in [-0.39, 0.29) is 0 Å². The average molecular weight is 329 g/mol. The minimum absolute atomic E-state index is 0.449. The molecule has 96 valence electrons. The summed E-state index contributed by atoms with van der Waals surface area (Å²) in [5, 5.41) is 4.04. The fourth-order valence-corrected chi connectivity index (χ4v) is 2.14. The Kier molecular flexibility index (Phi) is 4.43. The smallest absolute Gasteiger partial charge is 0.0996 e. The first-order valence-electron chi connectivity index (χ1n) is 5.78. The molecule has 0 aliphatic rings. The number of nitrogens with zero attached hydrogens (tertiary/aromatic N) is 2. The molecule has 0 saturated heterocycles. The molecule has 0 atom stereocenters. The van der Waals surface area contributed by atoms with Gasteiger partial charge in [-0.1, -0.05) is 41.4 Å². The van der Waals surface area contributed by atoms with Gasteiger partial charge in [-0.05, 0) is 18.2 Å². The fourth-order valence-electron chi connectivity index (χ4n) is 1.58. The summed E-state index contributed by atoms with van der Waals surface area (Å²) in [6, 6.07) is 6.21. The number of aromatic nitrogens is 2. The number of benzene rings is 1. The number of rotatable bonds is 4. The zero-order chi connectivity index (χ0) is 13.1. The predicted molar refractivity (Wildman–Crippen MR) is 78.2 cm³/mol. The van der Waals surface area contributed by atoms with Crippen LogP contribution in [0, 0.1) is 0 Å². The molecule has 0 spiro atoms. The average Bonchev–Trinajstić information content (AvgIpc) is 2.78. The molecule has 1 N–H and O–H groups in total. The maximum Gasteiger partial charge on any atom is 0.0996 e. The molecule has 1 heterocycles. The van der Waals surface area contributed by atoms with Crippen LogP contribution in [-0.2, 0) is 6.54 Å².